The van der Waals surface area contributed by atoms with E-state index in [1.807, 2.05) is 60.8 Å². The molecule has 1 aliphatic heterocycles. The van der Waals surface area contributed by atoms with Gasteiger partial charge in [-0.05, 0) is 5.56 Å². The zero-order valence-electron chi connectivity index (χ0n) is 10.5. The van der Waals surface area contributed by atoms with Crippen LogP contribution in [0.15, 0.2) is 65.6 Å². The van der Waals surface area contributed by atoms with E-state index in [2.05, 4.69) is 0 Å². The lowest BCUT2D eigenvalue weighted by Gasteiger charge is -1.98. The van der Waals surface area contributed by atoms with Gasteiger partial charge in [0, 0.05) is 22.7 Å². The molecule has 3 heteroatoms. The summed E-state index contributed by atoms with van der Waals surface area (Å²) in [6.45, 7) is 0. The summed E-state index contributed by atoms with van der Waals surface area (Å²) in [4.78, 5) is 12.2. The van der Waals surface area contributed by atoms with Gasteiger partial charge in [0.05, 0.1) is 5.69 Å². The molecule has 0 spiro atoms. The first-order chi connectivity index (χ1) is 9.77. The first-order valence-corrected chi connectivity index (χ1v) is 6.75. The molecule has 1 aromatic carbocycles. The second-order valence-corrected chi connectivity index (χ2v) is 5.17. The van der Waals surface area contributed by atoms with Crippen LogP contribution in [0, 0.1) is 0 Å². The van der Waals surface area contributed by atoms with Crippen molar-refractivity contribution in [1.82, 2.24) is 4.40 Å². The van der Waals surface area contributed by atoms with E-state index in [1.54, 1.807) is 4.40 Å². The number of hydrogen-bond donors (Lipinski definition) is 0. The number of nitrogens with zero attached hydrogens (tertiary/aromatic N) is 1. The van der Waals surface area contributed by atoms with Crippen molar-refractivity contribution in [2.24, 2.45) is 0 Å². The number of rotatable bonds is 1. The predicted octanol–water partition coefficient (Wildman–Crippen LogP) is 4.16. The van der Waals surface area contributed by atoms with Crippen molar-refractivity contribution in [2.75, 3.05) is 0 Å². The molecule has 0 saturated heterocycles. The van der Waals surface area contributed by atoms with Gasteiger partial charge in [0.1, 0.15) is 5.02 Å². The first-order valence-electron chi connectivity index (χ1n) is 6.38. The Kier molecular flexibility index (Phi) is 2.35. The highest BCUT2D eigenvalue weighted by molar-refractivity contribution is 6.34. The molecule has 2 aliphatic rings. The van der Waals surface area contributed by atoms with Crippen LogP contribution < -0.4 is 5.56 Å². The molecule has 2 aromatic rings. The van der Waals surface area contributed by atoms with Crippen LogP contribution in [0.1, 0.15) is 0 Å². The molecule has 0 fully saturated rings. The van der Waals surface area contributed by atoms with E-state index in [0.29, 0.717) is 5.02 Å². The maximum absolute atomic E-state index is 12.2. The monoisotopic (exact) mass is 279 g/mol. The van der Waals surface area contributed by atoms with E-state index in [0.717, 1.165) is 27.8 Å². The molecule has 0 unspecified atom stereocenters. The Labute approximate surface area is 120 Å². The fourth-order valence-electron chi connectivity index (χ4n) is 2.75. The van der Waals surface area contributed by atoms with Crippen LogP contribution >= 0.6 is 11.6 Å². The number of benzene rings is 1. The van der Waals surface area contributed by atoms with Crippen molar-refractivity contribution >= 4 is 17.0 Å². The van der Waals surface area contributed by atoms with Crippen molar-refractivity contribution < 1.29 is 0 Å². The largest absolute Gasteiger partial charge is 0.281 e. The normalized spacial score (nSPS) is 11.4. The molecule has 1 aromatic heterocycles. The number of halogens is 1. The van der Waals surface area contributed by atoms with Crippen molar-refractivity contribution in [3.63, 3.8) is 0 Å². The van der Waals surface area contributed by atoms with Gasteiger partial charge in [-0.1, -0.05) is 66.2 Å². The van der Waals surface area contributed by atoms with E-state index < -0.39 is 0 Å². The Hall–Kier alpha value is -2.32. The summed E-state index contributed by atoms with van der Waals surface area (Å²) >= 11 is 6.14. The molecule has 2 heterocycles. The van der Waals surface area contributed by atoms with Crippen LogP contribution in [0.2, 0.25) is 5.02 Å². The van der Waals surface area contributed by atoms with Gasteiger partial charge in [-0.25, -0.2) is 0 Å². The summed E-state index contributed by atoms with van der Waals surface area (Å²) in [5.41, 5.74) is 3.69. The Morgan fingerprint density at radius 2 is 1.55 bits per heavy atom. The van der Waals surface area contributed by atoms with Crippen LogP contribution in [0.25, 0.3) is 27.8 Å². The van der Waals surface area contributed by atoms with E-state index in [-0.39, 0.29) is 5.56 Å². The summed E-state index contributed by atoms with van der Waals surface area (Å²) < 4.78 is 1.65. The van der Waals surface area contributed by atoms with E-state index in [9.17, 15) is 4.79 Å². The maximum Gasteiger partial charge on any atom is 0.274 e. The number of hydrogen-bond acceptors (Lipinski definition) is 1. The number of aromatic nitrogens is 1. The smallest absolute Gasteiger partial charge is 0.274 e. The minimum Gasteiger partial charge on any atom is -0.281 e. The van der Waals surface area contributed by atoms with Crippen LogP contribution in [-0.2, 0) is 0 Å². The Balaban J connectivity index is 2.19. The molecule has 1 aliphatic carbocycles. The standard InChI is InChI=1S/C17H10ClNO/c18-15-13-9-5-4-8-12-14(11-6-2-1-3-7-11)10-19(16(12)13)17(15)20/h1-10H. The third kappa shape index (κ3) is 1.43. The lowest BCUT2D eigenvalue weighted by Crippen LogP contribution is -2.03. The molecular weight excluding hydrogens is 270 g/mol. The van der Waals surface area contributed by atoms with Crippen LogP contribution in [0.3, 0.4) is 0 Å². The molecule has 0 radical (unpaired) electrons. The molecule has 2 nitrogen and oxygen atoms in total. The summed E-state index contributed by atoms with van der Waals surface area (Å²) in [5.74, 6) is 0. The average molecular weight is 280 g/mol. The van der Waals surface area contributed by atoms with Gasteiger partial charge >= 0.3 is 0 Å². The van der Waals surface area contributed by atoms with Gasteiger partial charge in [0.2, 0.25) is 0 Å². The van der Waals surface area contributed by atoms with Crippen molar-refractivity contribution in [3.05, 3.63) is 76.2 Å². The second-order valence-electron chi connectivity index (χ2n) is 4.79. The molecule has 0 saturated carbocycles. The summed E-state index contributed by atoms with van der Waals surface area (Å²) in [7, 11) is 0. The SMILES string of the molecule is O=c1c(Cl)c2ccccc3c(-c4ccccc4)cn1c3-2. The molecule has 0 bridgehead atoms. The van der Waals surface area contributed by atoms with Crippen molar-refractivity contribution in [3.8, 4) is 22.4 Å². The quantitative estimate of drug-likeness (QED) is 0.513. The summed E-state index contributed by atoms with van der Waals surface area (Å²) in [6, 6.07) is 17.9. The average Bonchev–Trinajstić information content (AvgIpc) is 2.84. The van der Waals surface area contributed by atoms with Crippen LogP contribution in [0.5, 0.6) is 0 Å². The summed E-state index contributed by atoms with van der Waals surface area (Å²) in [5, 5.41) is 1.33. The first kappa shape index (κ1) is 11.5. The van der Waals surface area contributed by atoms with E-state index in [4.69, 9.17) is 11.6 Å². The molecule has 0 amide bonds. The van der Waals surface area contributed by atoms with Crippen molar-refractivity contribution in [2.45, 2.75) is 0 Å². The lowest BCUT2D eigenvalue weighted by molar-refractivity contribution is 1.14. The highest BCUT2D eigenvalue weighted by Gasteiger charge is 2.22. The highest BCUT2D eigenvalue weighted by atomic mass is 35.5. The van der Waals surface area contributed by atoms with Gasteiger partial charge in [-0.15, -0.1) is 0 Å². The second kappa shape index (κ2) is 4.09. The fraction of sp³-hybridized carbons (Fsp3) is 0. The van der Waals surface area contributed by atoms with Crippen LogP contribution in [-0.4, -0.2) is 4.40 Å². The topological polar surface area (TPSA) is 21.5 Å². The molecule has 4 rings (SSSR count). The van der Waals surface area contributed by atoms with Crippen molar-refractivity contribution in [1.29, 1.82) is 0 Å². The highest BCUT2D eigenvalue weighted by Crippen LogP contribution is 2.38. The molecular formula is C17H10ClNO. The third-order valence-electron chi connectivity index (χ3n) is 3.66. The van der Waals surface area contributed by atoms with E-state index in [1.165, 1.54) is 0 Å². The molecule has 0 atom stereocenters. The van der Waals surface area contributed by atoms with Crippen LogP contribution in [0.4, 0.5) is 0 Å². The lowest BCUT2D eigenvalue weighted by atomic mass is 10.0. The predicted molar refractivity (Wildman–Crippen MR) is 81.9 cm³/mol. The minimum atomic E-state index is -0.153. The van der Waals surface area contributed by atoms with E-state index >= 15 is 0 Å². The Bertz CT molecular complexity index is 927. The Morgan fingerprint density at radius 1 is 0.850 bits per heavy atom. The van der Waals surface area contributed by atoms with Gasteiger partial charge in [-0.3, -0.25) is 9.20 Å². The molecule has 20 heavy (non-hydrogen) atoms. The molecule has 0 N–H and O–H groups in total. The van der Waals surface area contributed by atoms with Gasteiger partial charge in [0.25, 0.3) is 5.56 Å². The zero-order valence-corrected chi connectivity index (χ0v) is 11.3. The minimum absolute atomic E-state index is 0.153. The fourth-order valence-corrected chi connectivity index (χ4v) is 3.00. The zero-order chi connectivity index (χ0) is 13.7. The Morgan fingerprint density at radius 3 is 2.35 bits per heavy atom. The third-order valence-corrected chi connectivity index (χ3v) is 4.03. The van der Waals surface area contributed by atoms with Gasteiger partial charge in [-0.2, -0.15) is 0 Å². The van der Waals surface area contributed by atoms with Gasteiger partial charge in [0.15, 0.2) is 0 Å². The maximum atomic E-state index is 12.2. The van der Waals surface area contributed by atoms with Gasteiger partial charge < -0.3 is 0 Å². The molecule has 96 valence electrons. The summed E-state index contributed by atoms with van der Waals surface area (Å²) in [6.07, 6.45) is 1.88.